The SMILES string of the molecule is CCCCCCOCCC1CCCC1(CO)NC(C)C. The van der Waals surface area contributed by atoms with Crippen LogP contribution in [0.5, 0.6) is 0 Å². The van der Waals surface area contributed by atoms with Gasteiger partial charge in [-0.1, -0.05) is 46.5 Å². The molecule has 2 unspecified atom stereocenters. The van der Waals surface area contributed by atoms with Crippen LogP contribution in [-0.2, 0) is 4.74 Å². The second kappa shape index (κ2) is 9.75. The van der Waals surface area contributed by atoms with Crippen LogP contribution in [0.1, 0.15) is 72.1 Å². The molecule has 0 aliphatic heterocycles. The van der Waals surface area contributed by atoms with E-state index in [0.29, 0.717) is 12.0 Å². The number of hydrogen-bond donors (Lipinski definition) is 2. The molecular formula is C17H35NO2. The summed E-state index contributed by atoms with van der Waals surface area (Å²) in [5, 5.41) is 13.5. The quantitative estimate of drug-likeness (QED) is 0.571. The Bertz CT molecular complexity index is 245. The molecule has 2 atom stereocenters. The zero-order valence-electron chi connectivity index (χ0n) is 13.8. The number of aliphatic hydroxyl groups excluding tert-OH is 1. The highest BCUT2D eigenvalue weighted by Crippen LogP contribution is 2.38. The molecule has 20 heavy (non-hydrogen) atoms. The van der Waals surface area contributed by atoms with Crippen molar-refractivity contribution in [3.8, 4) is 0 Å². The molecule has 3 nitrogen and oxygen atoms in total. The van der Waals surface area contributed by atoms with Gasteiger partial charge in [0.25, 0.3) is 0 Å². The zero-order valence-corrected chi connectivity index (χ0v) is 13.8. The average molecular weight is 285 g/mol. The van der Waals surface area contributed by atoms with Crippen LogP contribution in [-0.4, -0.2) is 36.5 Å². The van der Waals surface area contributed by atoms with Crippen LogP contribution >= 0.6 is 0 Å². The van der Waals surface area contributed by atoms with Gasteiger partial charge in [-0.05, 0) is 31.6 Å². The van der Waals surface area contributed by atoms with Gasteiger partial charge in [0.05, 0.1) is 6.61 Å². The van der Waals surface area contributed by atoms with Crippen LogP contribution in [0.3, 0.4) is 0 Å². The van der Waals surface area contributed by atoms with Gasteiger partial charge in [0.2, 0.25) is 0 Å². The monoisotopic (exact) mass is 285 g/mol. The number of nitrogens with one attached hydrogen (secondary N) is 1. The smallest absolute Gasteiger partial charge is 0.0616 e. The molecule has 1 rings (SSSR count). The molecule has 0 radical (unpaired) electrons. The molecule has 0 aromatic carbocycles. The Kier molecular flexibility index (Phi) is 8.74. The molecule has 1 aliphatic carbocycles. The fraction of sp³-hybridized carbons (Fsp3) is 1.00. The summed E-state index contributed by atoms with van der Waals surface area (Å²) in [6.07, 6.45) is 9.70. The van der Waals surface area contributed by atoms with E-state index in [2.05, 4.69) is 26.1 Å². The van der Waals surface area contributed by atoms with Crippen LogP contribution in [0.2, 0.25) is 0 Å². The molecule has 0 aromatic heterocycles. The summed E-state index contributed by atoms with van der Waals surface area (Å²) in [6, 6.07) is 0.428. The predicted molar refractivity (Wildman–Crippen MR) is 85.0 cm³/mol. The lowest BCUT2D eigenvalue weighted by molar-refractivity contribution is 0.0732. The fourth-order valence-corrected chi connectivity index (χ4v) is 3.54. The first-order chi connectivity index (χ1) is 9.64. The number of aliphatic hydroxyl groups is 1. The lowest BCUT2D eigenvalue weighted by Gasteiger charge is -2.37. The van der Waals surface area contributed by atoms with E-state index in [1.165, 1.54) is 38.5 Å². The van der Waals surface area contributed by atoms with E-state index in [1.807, 2.05) is 0 Å². The van der Waals surface area contributed by atoms with Gasteiger partial charge in [-0.25, -0.2) is 0 Å². The number of ether oxygens (including phenoxy) is 1. The maximum absolute atomic E-state index is 9.83. The van der Waals surface area contributed by atoms with Crippen LogP contribution in [0, 0.1) is 5.92 Å². The second-order valence-corrected chi connectivity index (χ2v) is 6.66. The van der Waals surface area contributed by atoms with Crippen molar-refractivity contribution in [1.29, 1.82) is 0 Å². The van der Waals surface area contributed by atoms with Gasteiger partial charge in [0.15, 0.2) is 0 Å². The standard InChI is InChI=1S/C17H35NO2/c1-4-5-6-7-12-20-13-10-16-9-8-11-17(16,14-19)18-15(2)3/h15-16,18-19H,4-14H2,1-3H3. The Labute approximate surface area is 125 Å². The summed E-state index contributed by atoms with van der Waals surface area (Å²) in [5.41, 5.74) is -0.0558. The van der Waals surface area contributed by atoms with Gasteiger partial charge in [0.1, 0.15) is 0 Å². The van der Waals surface area contributed by atoms with Gasteiger partial charge in [-0.3, -0.25) is 0 Å². The summed E-state index contributed by atoms with van der Waals surface area (Å²) in [5.74, 6) is 0.561. The van der Waals surface area contributed by atoms with Gasteiger partial charge >= 0.3 is 0 Å². The third-order valence-electron chi connectivity index (χ3n) is 4.57. The van der Waals surface area contributed by atoms with E-state index < -0.39 is 0 Å². The average Bonchev–Trinajstić information content (AvgIpc) is 2.80. The lowest BCUT2D eigenvalue weighted by atomic mass is 9.85. The number of hydrogen-bond acceptors (Lipinski definition) is 3. The highest BCUT2D eigenvalue weighted by atomic mass is 16.5. The summed E-state index contributed by atoms with van der Waals surface area (Å²) in [4.78, 5) is 0. The van der Waals surface area contributed by atoms with E-state index in [9.17, 15) is 5.11 Å². The topological polar surface area (TPSA) is 41.5 Å². The summed E-state index contributed by atoms with van der Waals surface area (Å²) >= 11 is 0. The van der Waals surface area contributed by atoms with Crippen LogP contribution in [0.15, 0.2) is 0 Å². The minimum absolute atomic E-state index is 0.0558. The largest absolute Gasteiger partial charge is 0.394 e. The first kappa shape index (κ1) is 17.9. The van der Waals surface area contributed by atoms with Crippen molar-refractivity contribution in [2.24, 2.45) is 5.92 Å². The van der Waals surface area contributed by atoms with Crippen molar-refractivity contribution in [3.63, 3.8) is 0 Å². The van der Waals surface area contributed by atoms with Crippen LogP contribution in [0.25, 0.3) is 0 Å². The van der Waals surface area contributed by atoms with E-state index in [0.717, 1.165) is 26.1 Å². The first-order valence-electron chi connectivity index (χ1n) is 8.61. The Morgan fingerprint density at radius 1 is 1.25 bits per heavy atom. The summed E-state index contributed by atoms with van der Waals surface area (Å²) in [6.45, 7) is 8.56. The van der Waals surface area contributed by atoms with Crippen molar-refractivity contribution in [3.05, 3.63) is 0 Å². The van der Waals surface area contributed by atoms with Crippen molar-refractivity contribution in [2.75, 3.05) is 19.8 Å². The maximum Gasteiger partial charge on any atom is 0.0616 e. The fourth-order valence-electron chi connectivity index (χ4n) is 3.54. The Morgan fingerprint density at radius 3 is 2.70 bits per heavy atom. The zero-order chi connectivity index (χ0) is 14.8. The lowest BCUT2D eigenvalue weighted by Crippen LogP contribution is -2.54. The molecule has 1 aliphatic rings. The molecule has 0 heterocycles. The van der Waals surface area contributed by atoms with Crippen molar-refractivity contribution < 1.29 is 9.84 Å². The van der Waals surface area contributed by atoms with Gasteiger partial charge in [0, 0.05) is 24.8 Å². The van der Waals surface area contributed by atoms with Crippen LogP contribution in [0.4, 0.5) is 0 Å². The molecule has 0 bridgehead atoms. The highest BCUT2D eigenvalue weighted by molar-refractivity contribution is 4.99. The van der Waals surface area contributed by atoms with Gasteiger partial charge < -0.3 is 15.2 Å². The van der Waals surface area contributed by atoms with Gasteiger partial charge in [-0.15, -0.1) is 0 Å². The first-order valence-corrected chi connectivity index (χ1v) is 8.61. The molecule has 120 valence electrons. The van der Waals surface area contributed by atoms with E-state index >= 15 is 0 Å². The number of unbranched alkanes of at least 4 members (excludes halogenated alkanes) is 3. The molecule has 1 fully saturated rings. The molecule has 0 aromatic rings. The van der Waals surface area contributed by atoms with Crippen LogP contribution < -0.4 is 5.32 Å². The molecule has 0 saturated heterocycles. The predicted octanol–water partition coefficient (Wildman–Crippen LogP) is 3.50. The third kappa shape index (κ3) is 5.71. The molecule has 3 heteroatoms. The maximum atomic E-state index is 9.83. The molecule has 2 N–H and O–H groups in total. The van der Waals surface area contributed by atoms with E-state index in [4.69, 9.17) is 4.74 Å². The highest BCUT2D eigenvalue weighted by Gasteiger charge is 2.42. The summed E-state index contributed by atoms with van der Waals surface area (Å²) < 4.78 is 5.78. The van der Waals surface area contributed by atoms with Crippen molar-refractivity contribution >= 4 is 0 Å². The number of rotatable bonds is 11. The molecule has 0 amide bonds. The molecule has 0 spiro atoms. The normalized spacial score (nSPS) is 26.6. The van der Waals surface area contributed by atoms with E-state index in [1.54, 1.807) is 0 Å². The molecular weight excluding hydrogens is 250 g/mol. The third-order valence-corrected chi connectivity index (χ3v) is 4.57. The van der Waals surface area contributed by atoms with Gasteiger partial charge in [-0.2, -0.15) is 0 Å². The summed E-state index contributed by atoms with van der Waals surface area (Å²) in [7, 11) is 0. The Hall–Kier alpha value is -0.120. The molecule has 1 saturated carbocycles. The van der Waals surface area contributed by atoms with Crippen molar-refractivity contribution in [1.82, 2.24) is 5.32 Å². The Morgan fingerprint density at radius 2 is 2.05 bits per heavy atom. The van der Waals surface area contributed by atoms with Crippen molar-refractivity contribution in [2.45, 2.75) is 83.7 Å². The van der Waals surface area contributed by atoms with E-state index in [-0.39, 0.29) is 12.1 Å². The second-order valence-electron chi connectivity index (χ2n) is 6.66. The minimum atomic E-state index is -0.0558. The Balaban J connectivity index is 2.23. The minimum Gasteiger partial charge on any atom is -0.394 e.